The predicted octanol–water partition coefficient (Wildman–Crippen LogP) is 2.26. The first kappa shape index (κ1) is 14.1. The van der Waals surface area contributed by atoms with Crippen LogP contribution in [0.1, 0.15) is 44.0 Å². The van der Waals surface area contributed by atoms with Crippen molar-refractivity contribution in [2.45, 2.75) is 52.6 Å². The predicted molar refractivity (Wildman–Crippen MR) is 76.5 cm³/mol. The van der Waals surface area contributed by atoms with Crippen molar-refractivity contribution in [3.63, 3.8) is 0 Å². The number of hydrogen-bond acceptors (Lipinski definition) is 3. The molecule has 1 aromatic heterocycles. The van der Waals surface area contributed by atoms with Crippen LogP contribution >= 0.6 is 0 Å². The molecule has 19 heavy (non-hydrogen) atoms. The van der Waals surface area contributed by atoms with E-state index in [1.165, 1.54) is 25.3 Å². The lowest BCUT2D eigenvalue weighted by atomic mass is 10.1. The van der Waals surface area contributed by atoms with E-state index in [2.05, 4.69) is 16.4 Å². The summed E-state index contributed by atoms with van der Waals surface area (Å²) in [6, 6.07) is 1.53. The van der Waals surface area contributed by atoms with Crippen LogP contribution in [0.5, 0.6) is 5.75 Å². The molecule has 0 amide bonds. The van der Waals surface area contributed by atoms with Gasteiger partial charge in [-0.3, -0.25) is 9.69 Å². The fourth-order valence-corrected chi connectivity index (χ4v) is 2.84. The van der Waals surface area contributed by atoms with Gasteiger partial charge in [0, 0.05) is 24.8 Å². The first-order chi connectivity index (χ1) is 9.13. The summed E-state index contributed by atoms with van der Waals surface area (Å²) in [5.41, 5.74) is 1.47. The number of likely N-dealkylation sites (tertiary alicyclic amines) is 1. The van der Waals surface area contributed by atoms with E-state index in [9.17, 15) is 9.90 Å². The first-order valence-electron chi connectivity index (χ1n) is 7.28. The van der Waals surface area contributed by atoms with E-state index in [0.29, 0.717) is 6.54 Å². The maximum absolute atomic E-state index is 11.8. The SMILES string of the molecule is CCCn1c(C)cc(=O)c(O)c1CN1CCCCC1. The van der Waals surface area contributed by atoms with Gasteiger partial charge in [-0.15, -0.1) is 0 Å². The molecule has 0 unspecified atom stereocenters. The van der Waals surface area contributed by atoms with Crippen LogP contribution in [0.2, 0.25) is 0 Å². The molecule has 2 heterocycles. The molecule has 0 aliphatic carbocycles. The molecule has 1 aliphatic heterocycles. The third-order valence-corrected chi connectivity index (χ3v) is 3.87. The summed E-state index contributed by atoms with van der Waals surface area (Å²) in [7, 11) is 0. The Hall–Kier alpha value is -1.29. The van der Waals surface area contributed by atoms with Crippen molar-refractivity contribution >= 4 is 0 Å². The number of aryl methyl sites for hydroxylation is 1. The van der Waals surface area contributed by atoms with Crippen molar-refractivity contribution in [3.8, 4) is 5.75 Å². The normalized spacial score (nSPS) is 16.7. The minimum absolute atomic E-state index is 0.0652. The van der Waals surface area contributed by atoms with Crippen molar-refractivity contribution in [2.24, 2.45) is 0 Å². The van der Waals surface area contributed by atoms with Crippen molar-refractivity contribution in [1.29, 1.82) is 0 Å². The smallest absolute Gasteiger partial charge is 0.223 e. The summed E-state index contributed by atoms with van der Waals surface area (Å²) in [4.78, 5) is 14.1. The minimum Gasteiger partial charge on any atom is -0.503 e. The molecule has 0 atom stereocenters. The minimum atomic E-state index is -0.253. The number of nitrogens with zero attached hydrogens (tertiary/aromatic N) is 2. The summed E-state index contributed by atoms with van der Waals surface area (Å²) in [6.07, 6.45) is 4.71. The molecule has 1 aliphatic rings. The van der Waals surface area contributed by atoms with E-state index in [1.807, 2.05) is 6.92 Å². The van der Waals surface area contributed by atoms with Crippen LogP contribution in [0.15, 0.2) is 10.9 Å². The fourth-order valence-electron chi connectivity index (χ4n) is 2.84. The summed E-state index contributed by atoms with van der Waals surface area (Å²) < 4.78 is 2.09. The molecular weight excluding hydrogens is 240 g/mol. The van der Waals surface area contributed by atoms with Crippen LogP contribution in [0, 0.1) is 6.92 Å². The second-order valence-electron chi connectivity index (χ2n) is 5.43. The summed E-state index contributed by atoms with van der Waals surface area (Å²) in [5, 5.41) is 10.1. The Morgan fingerprint density at radius 1 is 1.26 bits per heavy atom. The molecule has 1 fully saturated rings. The number of rotatable bonds is 4. The van der Waals surface area contributed by atoms with Gasteiger partial charge in [0.1, 0.15) is 0 Å². The monoisotopic (exact) mass is 264 g/mol. The van der Waals surface area contributed by atoms with Gasteiger partial charge in [0.2, 0.25) is 5.43 Å². The van der Waals surface area contributed by atoms with E-state index < -0.39 is 0 Å². The number of pyridine rings is 1. The van der Waals surface area contributed by atoms with Gasteiger partial charge >= 0.3 is 0 Å². The molecule has 4 heteroatoms. The van der Waals surface area contributed by atoms with Gasteiger partial charge in [-0.2, -0.15) is 0 Å². The van der Waals surface area contributed by atoms with Crippen LogP contribution in [0.4, 0.5) is 0 Å². The van der Waals surface area contributed by atoms with Crippen LogP contribution < -0.4 is 5.43 Å². The zero-order valence-electron chi connectivity index (χ0n) is 12.0. The van der Waals surface area contributed by atoms with Gasteiger partial charge in [0.15, 0.2) is 5.75 Å². The van der Waals surface area contributed by atoms with Gasteiger partial charge < -0.3 is 9.67 Å². The summed E-state index contributed by atoms with van der Waals surface area (Å²) >= 11 is 0. The molecule has 106 valence electrons. The average Bonchev–Trinajstić information content (AvgIpc) is 2.41. The van der Waals surface area contributed by atoms with Crippen LogP contribution in [-0.4, -0.2) is 27.7 Å². The third kappa shape index (κ3) is 3.18. The van der Waals surface area contributed by atoms with E-state index in [1.54, 1.807) is 0 Å². The number of aromatic nitrogens is 1. The Morgan fingerprint density at radius 2 is 1.95 bits per heavy atom. The largest absolute Gasteiger partial charge is 0.503 e. The molecule has 0 saturated carbocycles. The van der Waals surface area contributed by atoms with Gasteiger partial charge in [-0.25, -0.2) is 0 Å². The molecule has 0 spiro atoms. The van der Waals surface area contributed by atoms with Crippen molar-refractivity contribution < 1.29 is 5.11 Å². The van der Waals surface area contributed by atoms with Crippen LogP contribution in [0.25, 0.3) is 0 Å². The van der Waals surface area contributed by atoms with E-state index in [0.717, 1.165) is 37.4 Å². The molecule has 1 saturated heterocycles. The van der Waals surface area contributed by atoms with E-state index in [-0.39, 0.29) is 11.2 Å². The molecule has 0 aromatic carbocycles. The van der Waals surface area contributed by atoms with Gasteiger partial charge in [0.05, 0.1) is 5.69 Å². The topological polar surface area (TPSA) is 45.5 Å². The second-order valence-corrected chi connectivity index (χ2v) is 5.43. The van der Waals surface area contributed by atoms with E-state index in [4.69, 9.17) is 0 Å². The molecule has 4 nitrogen and oxygen atoms in total. The summed E-state index contributed by atoms with van der Waals surface area (Å²) in [6.45, 7) is 7.71. The van der Waals surface area contributed by atoms with Crippen molar-refractivity contribution in [3.05, 3.63) is 27.7 Å². The standard InChI is InChI=1S/C15H24N2O2/c1-3-7-17-12(2)10-14(18)15(19)13(17)11-16-8-5-4-6-9-16/h10,19H,3-9,11H2,1-2H3. The Balaban J connectivity index is 2.32. The number of piperidine rings is 1. The van der Waals surface area contributed by atoms with Gasteiger partial charge in [0.25, 0.3) is 0 Å². The van der Waals surface area contributed by atoms with Crippen molar-refractivity contribution in [1.82, 2.24) is 9.47 Å². The Bertz CT molecular complexity index is 488. The zero-order valence-corrected chi connectivity index (χ0v) is 12.0. The molecule has 0 radical (unpaired) electrons. The second kappa shape index (κ2) is 6.24. The maximum Gasteiger partial charge on any atom is 0.223 e. The zero-order chi connectivity index (χ0) is 13.8. The molecular formula is C15H24N2O2. The highest BCUT2D eigenvalue weighted by atomic mass is 16.3. The van der Waals surface area contributed by atoms with Crippen LogP contribution in [-0.2, 0) is 13.1 Å². The third-order valence-electron chi connectivity index (χ3n) is 3.87. The highest BCUT2D eigenvalue weighted by molar-refractivity contribution is 5.29. The Labute approximate surface area is 114 Å². The highest BCUT2D eigenvalue weighted by Crippen LogP contribution is 2.19. The van der Waals surface area contributed by atoms with Gasteiger partial charge in [-0.1, -0.05) is 13.3 Å². The van der Waals surface area contributed by atoms with Crippen LogP contribution in [0.3, 0.4) is 0 Å². The highest BCUT2D eigenvalue weighted by Gasteiger charge is 2.17. The average molecular weight is 264 g/mol. The molecule has 2 rings (SSSR count). The quantitative estimate of drug-likeness (QED) is 0.907. The number of hydrogen-bond donors (Lipinski definition) is 1. The first-order valence-corrected chi connectivity index (χ1v) is 7.28. The lowest BCUT2D eigenvalue weighted by Gasteiger charge is -2.28. The Kier molecular flexibility index (Phi) is 4.64. The van der Waals surface area contributed by atoms with Crippen molar-refractivity contribution in [2.75, 3.05) is 13.1 Å². The summed E-state index contributed by atoms with van der Waals surface area (Å²) in [5.74, 6) is -0.0652. The fraction of sp³-hybridized carbons (Fsp3) is 0.667. The lowest BCUT2D eigenvalue weighted by Crippen LogP contribution is -2.31. The Morgan fingerprint density at radius 3 is 2.58 bits per heavy atom. The number of aromatic hydroxyl groups is 1. The van der Waals surface area contributed by atoms with Gasteiger partial charge in [-0.05, 0) is 39.3 Å². The lowest BCUT2D eigenvalue weighted by molar-refractivity contribution is 0.211. The van der Waals surface area contributed by atoms with E-state index >= 15 is 0 Å². The molecule has 0 bridgehead atoms. The molecule has 1 N–H and O–H groups in total. The molecule has 1 aromatic rings. The maximum atomic E-state index is 11.8.